The number of H-pyrrole nitrogens is 1. The Morgan fingerprint density at radius 2 is 2.18 bits per heavy atom. The zero-order valence-electron chi connectivity index (χ0n) is 9.52. The van der Waals surface area contributed by atoms with E-state index in [0.29, 0.717) is 5.75 Å². The molecule has 2 aromatic rings. The Hall–Kier alpha value is -2.30. The zero-order chi connectivity index (χ0) is 12.4. The fourth-order valence-corrected chi connectivity index (χ4v) is 1.68. The van der Waals surface area contributed by atoms with E-state index in [1.807, 2.05) is 6.92 Å². The van der Waals surface area contributed by atoms with Gasteiger partial charge in [-0.05, 0) is 25.1 Å². The summed E-state index contributed by atoms with van der Waals surface area (Å²) in [5.41, 5.74) is 2.76. The molecule has 0 saturated carbocycles. The van der Waals surface area contributed by atoms with Gasteiger partial charge in [0, 0.05) is 17.3 Å². The molecule has 5 nitrogen and oxygen atoms in total. The second kappa shape index (κ2) is 4.29. The molecule has 88 valence electrons. The number of aromatic nitrogens is 2. The van der Waals surface area contributed by atoms with Gasteiger partial charge in [-0.3, -0.25) is 5.10 Å². The van der Waals surface area contributed by atoms with Crippen LogP contribution in [-0.4, -0.2) is 28.4 Å². The lowest BCUT2D eigenvalue weighted by Gasteiger charge is -2.08. The van der Waals surface area contributed by atoms with E-state index in [1.165, 1.54) is 13.2 Å². The molecule has 0 atom stereocenters. The van der Waals surface area contributed by atoms with Crippen LogP contribution in [0.3, 0.4) is 0 Å². The van der Waals surface area contributed by atoms with E-state index in [9.17, 15) is 4.79 Å². The third-order valence-electron chi connectivity index (χ3n) is 2.57. The van der Waals surface area contributed by atoms with Crippen molar-refractivity contribution in [2.45, 2.75) is 6.92 Å². The van der Waals surface area contributed by atoms with Crippen molar-refractivity contribution >= 4 is 5.97 Å². The minimum Gasteiger partial charge on any atom is -0.496 e. The summed E-state index contributed by atoms with van der Waals surface area (Å²) in [4.78, 5) is 10.9. The number of carboxylic acids is 1. The number of benzene rings is 1. The van der Waals surface area contributed by atoms with Gasteiger partial charge in [0.2, 0.25) is 0 Å². The summed E-state index contributed by atoms with van der Waals surface area (Å²) in [5.74, 6) is -0.451. The summed E-state index contributed by atoms with van der Waals surface area (Å²) >= 11 is 0. The summed E-state index contributed by atoms with van der Waals surface area (Å²) in [7, 11) is 1.51. The first kappa shape index (κ1) is 11.2. The van der Waals surface area contributed by atoms with Gasteiger partial charge in [0.15, 0.2) is 0 Å². The topological polar surface area (TPSA) is 75.2 Å². The van der Waals surface area contributed by atoms with Gasteiger partial charge in [-0.2, -0.15) is 5.10 Å². The van der Waals surface area contributed by atoms with Crippen LogP contribution in [0.5, 0.6) is 5.75 Å². The minimum atomic E-state index is -0.973. The lowest BCUT2D eigenvalue weighted by atomic mass is 10.0. The van der Waals surface area contributed by atoms with Gasteiger partial charge in [0.25, 0.3) is 0 Å². The van der Waals surface area contributed by atoms with Gasteiger partial charge in [-0.25, -0.2) is 4.79 Å². The number of carbonyl (C=O) groups is 1. The SMILES string of the molecule is COc1cc(C(=O)O)ccc1-c1c[nH]nc1C. The lowest BCUT2D eigenvalue weighted by Crippen LogP contribution is -1.98. The van der Waals surface area contributed by atoms with Gasteiger partial charge < -0.3 is 9.84 Å². The Morgan fingerprint density at radius 3 is 2.71 bits per heavy atom. The number of aromatic carboxylic acids is 1. The van der Waals surface area contributed by atoms with Crippen LogP contribution < -0.4 is 4.74 Å². The van der Waals surface area contributed by atoms with Crippen molar-refractivity contribution < 1.29 is 14.6 Å². The Bertz CT molecular complexity index is 561. The third-order valence-corrected chi connectivity index (χ3v) is 2.57. The molecule has 0 unspecified atom stereocenters. The summed E-state index contributed by atoms with van der Waals surface area (Å²) in [5, 5.41) is 15.7. The molecule has 2 rings (SSSR count). The predicted molar refractivity (Wildman–Crippen MR) is 62.3 cm³/mol. The minimum absolute atomic E-state index is 0.201. The van der Waals surface area contributed by atoms with Crippen molar-refractivity contribution in [2.24, 2.45) is 0 Å². The van der Waals surface area contributed by atoms with Gasteiger partial charge in [0.05, 0.1) is 18.4 Å². The van der Waals surface area contributed by atoms with Crippen molar-refractivity contribution in [3.8, 4) is 16.9 Å². The Morgan fingerprint density at radius 1 is 1.41 bits per heavy atom. The number of nitrogens with zero attached hydrogens (tertiary/aromatic N) is 1. The summed E-state index contributed by atoms with van der Waals surface area (Å²) < 4.78 is 5.21. The van der Waals surface area contributed by atoms with Gasteiger partial charge in [-0.15, -0.1) is 0 Å². The molecule has 0 spiro atoms. The second-order valence-corrected chi connectivity index (χ2v) is 3.60. The molecule has 0 bridgehead atoms. The number of methoxy groups -OCH3 is 1. The van der Waals surface area contributed by atoms with E-state index in [-0.39, 0.29) is 5.56 Å². The van der Waals surface area contributed by atoms with Crippen molar-refractivity contribution in [1.82, 2.24) is 10.2 Å². The molecular weight excluding hydrogens is 220 g/mol. The van der Waals surface area contributed by atoms with Gasteiger partial charge in [-0.1, -0.05) is 0 Å². The zero-order valence-corrected chi connectivity index (χ0v) is 9.52. The van der Waals surface area contributed by atoms with Crippen LogP contribution in [0.1, 0.15) is 16.1 Å². The molecular formula is C12H12N2O3. The van der Waals surface area contributed by atoms with Gasteiger partial charge in [0.1, 0.15) is 5.75 Å². The van der Waals surface area contributed by atoms with Crippen molar-refractivity contribution in [3.63, 3.8) is 0 Å². The van der Waals surface area contributed by atoms with E-state index in [2.05, 4.69) is 10.2 Å². The summed E-state index contributed by atoms with van der Waals surface area (Å²) in [6, 6.07) is 4.77. The fraction of sp³-hybridized carbons (Fsp3) is 0.167. The molecule has 0 saturated heterocycles. The number of hydrogen-bond donors (Lipinski definition) is 2. The van der Waals surface area contributed by atoms with Crippen LogP contribution in [0, 0.1) is 6.92 Å². The Kier molecular flexibility index (Phi) is 2.82. The maximum atomic E-state index is 10.9. The smallest absolute Gasteiger partial charge is 0.335 e. The largest absolute Gasteiger partial charge is 0.496 e. The number of carboxylic acid groups (broad SMARTS) is 1. The normalized spacial score (nSPS) is 10.2. The molecule has 0 fully saturated rings. The van der Waals surface area contributed by atoms with Crippen molar-refractivity contribution in [2.75, 3.05) is 7.11 Å². The number of rotatable bonds is 3. The van der Waals surface area contributed by atoms with Crippen molar-refractivity contribution in [3.05, 3.63) is 35.7 Å². The fourth-order valence-electron chi connectivity index (χ4n) is 1.68. The maximum absolute atomic E-state index is 10.9. The van der Waals surface area contributed by atoms with Crippen LogP contribution >= 0.6 is 0 Å². The van der Waals surface area contributed by atoms with Crippen molar-refractivity contribution in [1.29, 1.82) is 0 Å². The van der Waals surface area contributed by atoms with Crippen LogP contribution in [-0.2, 0) is 0 Å². The standard InChI is InChI=1S/C12H12N2O3/c1-7-10(6-13-14-7)9-4-3-8(12(15)16)5-11(9)17-2/h3-6H,1-2H3,(H,13,14)(H,15,16). The summed E-state index contributed by atoms with van der Waals surface area (Å²) in [6.07, 6.45) is 1.76. The van der Waals surface area contributed by atoms with E-state index in [1.54, 1.807) is 18.3 Å². The van der Waals surface area contributed by atoms with E-state index in [4.69, 9.17) is 9.84 Å². The highest BCUT2D eigenvalue weighted by atomic mass is 16.5. The number of ether oxygens (including phenoxy) is 1. The van der Waals surface area contributed by atoms with E-state index in [0.717, 1.165) is 16.8 Å². The molecule has 1 aromatic carbocycles. The first-order valence-electron chi connectivity index (χ1n) is 5.05. The highest BCUT2D eigenvalue weighted by Gasteiger charge is 2.13. The number of aromatic amines is 1. The monoisotopic (exact) mass is 232 g/mol. The maximum Gasteiger partial charge on any atom is 0.335 e. The highest BCUT2D eigenvalue weighted by Crippen LogP contribution is 2.32. The average Bonchev–Trinajstić information content (AvgIpc) is 2.74. The van der Waals surface area contributed by atoms with E-state index >= 15 is 0 Å². The highest BCUT2D eigenvalue weighted by molar-refractivity contribution is 5.89. The molecule has 2 N–H and O–H groups in total. The molecule has 0 amide bonds. The van der Waals surface area contributed by atoms with Crippen LogP contribution in [0.4, 0.5) is 0 Å². The Labute approximate surface area is 98.0 Å². The molecule has 0 radical (unpaired) electrons. The molecule has 0 aliphatic rings. The Balaban J connectivity index is 2.56. The lowest BCUT2D eigenvalue weighted by molar-refractivity contribution is 0.0696. The quantitative estimate of drug-likeness (QED) is 0.849. The number of hydrogen-bond acceptors (Lipinski definition) is 3. The van der Waals surface area contributed by atoms with Crippen LogP contribution in [0.25, 0.3) is 11.1 Å². The average molecular weight is 232 g/mol. The second-order valence-electron chi connectivity index (χ2n) is 3.60. The first-order chi connectivity index (χ1) is 8.13. The van der Waals surface area contributed by atoms with E-state index < -0.39 is 5.97 Å². The molecule has 0 aliphatic carbocycles. The first-order valence-corrected chi connectivity index (χ1v) is 5.05. The third kappa shape index (κ3) is 1.99. The predicted octanol–water partition coefficient (Wildman–Crippen LogP) is 2.09. The molecule has 0 aliphatic heterocycles. The van der Waals surface area contributed by atoms with Crippen LogP contribution in [0.2, 0.25) is 0 Å². The molecule has 1 heterocycles. The number of nitrogens with one attached hydrogen (secondary N) is 1. The summed E-state index contributed by atoms with van der Waals surface area (Å²) in [6.45, 7) is 1.87. The molecule has 5 heteroatoms. The van der Waals surface area contributed by atoms with Crippen LogP contribution in [0.15, 0.2) is 24.4 Å². The molecule has 17 heavy (non-hydrogen) atoms. The molecule has 1 aromatic heterocycles. The number of aryl methyl sites for hydroxylation is 1. The van der Waals surface area contributed by atoms with Gasteiger partial charge >= 0.3 is 5.97 Å².